The standard InChI is InChI=1S/C21H22N2O3/c1-15(16-8-5-7-11-20(16)26-3)22(2)21(25)14-23-13-12-19(24)17-9-4-6-10-18(17)23/h4-13,15H,14H2,1-3H3/t15-/m1/s1. The molecular formula is C21H22N2O3. The van der Waals surface area contributed by atoms with Gasteiger partial charge < -0.3 is 14.2 Å². The van der Waals surface area contributed by atoms with E-state index in [-0.39, 0.29) is 23.9 Å². The number of benzene rings is 2. The van der Waals surface area contributed by atoms with E-state index in [2.05, 4.69) is 0 Å². The molecule has 1 heterocycles. The summed E-state index contributed by atoms with van der Waals surface area (Å²) >= 11 is 0. The monoisotopic (exact) mass is 350 g/mol. The molecular weight excluding hydrogens is 328 g/mol. The van der Waals surface area contributed by atoms with Crippen LogP contribution in [0.25, 0.3) is 10.9 Å². The van der Waals surface area contributed by atoms with E-state index in [4.69, 9.17) is 4.74 Å². The first-order valence-corrected chi connectivity index (χ1v) is 8.49. The topological polar surface area (TPSA) is 51.5 Å². The summed E-state index contributed by atoms with van der Waals surface area (Å²) in [4.78, 5) is 26.5. The lowest BCUT2D eigenvalue weighted by Gasteiger charge is -2.27. The Morgan fingerprint density at radius 3 is 2.58 bits per heavy atom. The SMILES string of the molecule is COc1ccccc1[C@@H](C)N(C)C(=O)Cn1ccc(=O)c2ccccc21. The minimum Gasteiger partial charge on any atom is -0.496 e. The number of amides is 1. The molecule has 0 aliphatic carbocycles. The molecule has 5 heteroatoms. The van der Waals surface area contributed by atoms with Crippen molar-refractivity contribution < 1.29 is 9.53 Å². The van der Waals surface area contributed by atoms with E-state index in [0.29, 0.717) is 5.39 Å². The molecule has 1 atom stereocenters. The molecule has 2 aromatic carbocycles. The minimum atomic E-state index is -0.135. The summed E-state index contributed by atoms with van der Waals surface area (Å²) in [5, 5.41) is 0.614. The Labute approximate surface area is 152 Å². The number of methoxy groups -OCH3 is 1. The molecule has 0 fully saturated rings. The van der Waals surface area contributed by atoms with E-state index in [1.54, 1.807) is 31.3 Å². The van der Waals surface area contributed by atoms with Crippen molar-refractivity contribution in [2.45, 2.75) is 19.5 Å². The highest BCUT2D eigenvalue weighted by molar-refractivity contribution is 5.82. The molecule has 0 aliphatic heterocycles. The van der Waals surface area contributed by atoms with E-state index in [9.17, 15) is 9.59 Å². The van der Waals surface area contributed by atoms with Gasteiger partial charge in [0.05, 0.1) is 18.7 Å². The van der Waals surface area contributed by atoms with E-state index in [1.165, 1.54) is 6.07 Å². The van der Waals surface area contributed by atoms with Crippen molar-refractivity contribution in [2.75, 3.05) is 14.2 Å². The van der Waals surface area contributed by atoms with Crippen LogP contribution < -0.4 is 10.2 Å². The molecule has 134 valence electrons. The van der Waals surface area contributed by atoms with Crippen LogP contribution in [0.4, 0.5) is 0 Å². The summed E-state index contributed by atoms with van der Waals surface area (Å²) < 4.78 is 7.22. The fraction of sp³-hybridized carbons (Fsp3) is 0.238. The molecule has 1 amide bonds. The molecule has 1 aromatic heterocycles. The third-order valence-corrected chi connectivity index (χ3v) is 4.75. The largest absolute Gasteiger partial charge is 0.496 e. The smallest absolute Gasteiger partial charge is 0.242 e. The lowest BCUT2D eigenvalue weighted by molar-refractivity contribution is -0.132. The van der Waals surface area contributed by atoms with Gasteiger partial charge in [-0.25, -0.2) is 0 Å². The number of nitrogens with zero attached hydrogens (tertiary/aromatic N) is 2. The predicted octanol–water partition coefficient (Wildman–Crippen LogP) is 3.23. The Bertz CT molecular complexity index is 994. The zero-order valence-electron chi connectivity index (χ0n) is 15.2. The highest BCUT2D eigenvalue weighted by Crippen LogP contribution is 2.28. The molecule has 3 aromatic rings. The van der Waals surface area contributed by atoms with E-state index in [0.717, 1.165) is 16.8 Å². The molecule has 0 N–H and O–H groups in total. The van der Waals surface area contributed by atoms with E-state index >= 15 is 0 Å². The Hall–Kier alpha value is -3.08. The summed E-state index contributed by atoms with van der Waals surface area (Å²) in [7, 11) is 3.41. The first-order valence-electron chi connectivity index (χ1n) is 8.49. The molecule has 3 rings (SSSR count). The highest BCUT2D eigenvalue weighted by atomic mass is 16.5. The maximum Gasteiger partial charge on any atom is 0.242 e. The molecule has 0 aliphatic rings. The van der Waals surface area contributed by atoms with E-state index in [1.807, 2.05) is 54.0 Å². The van der Waals surface area contributed by atoms with Crippen LogP contribution in [-0.2, 0) is 11.3 Å². The van der Waals surface area contributed by atoms with Crippen LogP contribution in [-0.4, -0.2) is 29.5 Å². The number of hydrogen-bond acceptors (Lipinski definition) is 3. The Morgan fingerprint density at radius 1 is 1.12 bits per heavy atom. The summed E-state index contributed by atoms with van der Waals surface area (Å²) in [5.74, 6) is 0.714. The van der Waals surface area contributed by atoms with Crippen molar-refractivity contribution in [3.05, 3.63) is 76.6 Å². The van der Waals surface area contributed by atoms with Crippen molar-refractivity contribution in [3.8, 4) is 5.75 Å². The second kappa shape index (κ2) is 7.44. The van der Waals surface area contributed by atoms with Gasteiger partial charge in [0.1, 0.15) is 12.3 Å². The highest BCUT2D eigenvalue weighted by Gasteiger charge is 2.20. The summed E-state index contributed by atoms with van der Waals surface area (Å²) in [5.41, 5.74) is 1.67. The van der Waals surface area contributed by atoms with Gasteiger partial charge in [-0.2, -0.15) is 0 Å². The molecule has 5 nitrogen and oxygen atoms in total. The third kappa shape index (κ3) is 3.33. The average Bonchev–Trinajstić information content (AvgIpc) is 2.69. The van der Waals surface area contributed by atoms with Gasteiger partial charge in [0.2, 0.25) is 5.91 Å². The van der Waals surface area contributed by atoms with Gasteiger partial charge in [0, 0.05) is 30.3 Å². The Morgan fingerprint density at radius 2 is 1.81 bits per heavy atom. The number of ether oxygens (including phenoxy) is 1. The van der Waals surface area contributed by atoms with Crippen molar-refractivity contribution in [1.29, 1.82) is 0 Å². The van der Waals surface area contributed by atoms with Gasteiger partial charge >= 0.3 is 0 Å². The molecule has 0 spiro atoms. The average molecular weight is 350 g/mol. The lowest BCUT2D eigenvalue weighted by Crippen LogP contribution is -2.33. The molecule has 0 bridgehead atoms. The summed E-state index contributed by atoms with van der Waals surface area (Å²) in [6, 6.07) is 16.4. The first kappa shape index (κ1) is 17.7. The third-order valence-electron chi connectivity index (χ3n) is 4.75. The van der Waals surface area contributed by atoms with Crippen LogP contribution in [0, 0.1) is 0 Å². The number of carbonyl (C=O) groups is 1. The zero-order valence-corrected chi connectivity index (χ0v) is 15.2. The normalized spacial score (nSPS) is 12.0. The molecule has 0 saturated heterocycles. The van der Waals surface area contributed by atoms with Crippen molar-refractivity contribution in [1.82, 2.24) is 9.47 Å². The Kier molecular flexibility index (Phi) is 5.07. The van der Waals surface area contributed by atoms with Crippen LogP contribution in [0.15, 0.2) is 65.6 Å². The second-order valence-electron chi connectivity index (χ2n) is 6.25. The van der Waals surface area contributed by atoms with E-state index < -0.39 is 0 Å². The Balaban J connectivity index is 1.86. The number of likely N-dealkylation sites (N-methyl/N-ethyl adjacent to an activating group) is 1. The van der Waals surface area contributed by atoms with Gasteiger partial charge in [0.15, 0.2) is 5.43 Å². The first-order chi connectivity index (χ1) is 12.5. The lowest BCUT2D eigenvalue weighted by atomic mass is 10.1. The minimum absolute atomic E-state index is 0.0416. The number of rotatable bonds is 5. The van der Waals surface area contributed by atoms with Crippen LogP contribution in [0.5, 0.6) is 5.75 Å². The van der Waals surface area contributed by atoms with Crippen molar-refractivity contribution in [2.24, 2.45) is 0 Å². The fourth-order valence-corrected chi connectivity index (χ4v) is 3.09. The number of carbonyl (C=O) groups excluding carboxylic acids is 1. The van der Waals surface area contributed by atoms with Crippen LogP contribution in [0.2, 0.25) is 0 Å². The van der Waals surface area contributed by atoms with Crippen LogP contribution >= 0.6 is 0 Å². The maximum atomic E-state index is 12.8. The van der Waals surface area contributed by atoms with Crippen LogP contribution in [0.3, 0.4) is 0 Å². The van der Waals surface area contributed by atoms with Gasteiger partial charge in [-0.3, -0.25) is 9.59 Å². The summed E-state index contributed by atoms with van der Waals surface area (Å²) in [6.45, 7) is 2.13. The number of fused-ring (bicyclic) bond motifs is 1. The number of para-hydroxylation sites is 2. The zero-order chi connectivity index (χ0) is 18.7. The number of pyridine rings is 1. The number of hydrogen-bond donors (Lipinski definition) is 0. The van der Waals surface area contributed by atoms with Gasteiger partial charge in [-0.15, -0.1) is 0 Å². The van der Waals surface area contributed by atoms with Crippen molar-refractivity contribution >= 4 is 16.8 Å². The predicted molar refractivity (Wildman–Crippen MR) is 102 cm³/mol. The fourth-order valence-electron chi connectivity index (χ4n) is 3.09. The maximum absolute atomic E-state index is 12.8. The van der Waals surface area contributed by atoms with Gasteiger partial charge in [-0.05, 0) is 25.1 Å². The number of aromatic nitrogens is 1. The van der Waals surface area contributed by atoms with Crippen molar-refractivity contribution in [3.63, 3.8) is 0 Å². The molecule has 26 heavy (non-hydrogen) atoms. The molecule has 0 unspecified atom stereocenters. The quantitative estimate of drug-likeness (QED) is 0.710. The van der Waals surface area contributed by atoms with Crippen LogP contribution in [0.1, 0.15) is 18.5 Å². The van der Waals surface area contributed by atoms with Gasteiger partial charge in [-0.1, -0.05) is 30.3 Å². The summed E-state index contributed by atoms with van der Waals surface area (Å²) in [6.07, 6.45) is 1.67. The molecule has 0 radical (unpaired) electrons. The molecule has 0 saturated carbocycles. The van der Waals surface area contributed by atoms with Gasteiger partial charge in [0.25, 0.3) is 0 Å². The second-order valence-corrected chi connectivity index (χ2v) is 6.25.